The number of hydrogen-bond donors (Lipinski definition) is 1. The first kappa shape index (κ1) is 14.3. The second kappa shape index (κ2) is 6.88. The number of hydrogen-bond acceptors (Lipinski definition) is 3. The van der Waals surface area contributed by atoms with Crippen molar-refractivity contribution in [3.05, 3.63) is 0 Å². The van der Waals surface area contributed by atoms with Crippen LogP contribution in [0.25, 0.3) is 0 Å². The van der Waals surface area contributed by atoms with E-state index >= 15 is 0 Å². The number of likely N-dealkylation sites (tertiary alicyclic amines) is 1. The summed E-state index contributed by atoms with van der Waals surface area (Å²) in [4.78, 5) is 2.65. The molecular formula is C15H30N2O. The van der Waals surface area contributed by atoms with Crippen LogP contribution in [-0.2, 0) is 4.74 Å². The summed E-state index contributed by atoms with van der Waals surface area (Å²) in [5, 5.41) is 0. The second-order valence-electron chi connectivity index (χ2n) is 6.40. The van der Waals surface area contributed by atoms with Crippen molar-refractivity contribution in [1.29, 1.82) is 0 Å². The largest absolute Gasteiger partial charge is 0.381 e. The minimum Gasteiger partial charge on any atom is -0.381 e. The fourth-order valence-corrected chi connectivity index (χ4v) is 3.64. The minimum absolute atomic E-state index is 0.554. The van der Waals surface area contributed by atoms with E-state index in [9.17, 15) is 0 Å². The van der Waals surface area contributed by atoms with Crippen LogP contribution in [0.15, 0.2) is 0 Å². The summed E-state index contributed by atoms with van der Waals surface area (Å²) in [5.41, 5.74) is 6.03. The van der Waals surface area contributed by atoms with E-state index in [1.807, 2.05) is 0 Å². The molecule has 2 N–H and O–H groups in total. The van der Waals surface area contributed by atoms with Crippen LogP contribution < -0.4 is 5.73 Å². The van der Waals surface area contributed by atoms with Gasteiger partial charge in [-0.05, 0) is 50.6 Å². The minimum atomic E-state index is 0.554. The van der Waals surface area contributed by atoms with Gasteiger partial charge >= 0.3 is 0 Å². The molecule has 3 nitrogen and oxygen atoms in total. The molecule has 0 radical (unpaired) electrons. The standard InChI is InChI=1S/C15H30N2O/c1-12(2)13-4-3-7-17(8-5-13)15(10-16)14-6-9-18-11-14/h12-15H,3-11,16H2,1-2H3. The average Bonchev–Trinajstić information content (AvgIpc) is 2.75. The molecule has 2 aliphatic heterocycles. The molecule has 0 aliphatic carbocycles. The molecule has 3 heteroatoms. The summed E-state index contributed by atoms with van der Waals surface area (Å²) in [7, 11) is 0. The monoisotopic (exact) mass is 254 g/mol. The first-order valence-corrected chi connectivity index (χ1v) is 7.74. The molecule has 2 saturated heterocycles. The maximum Gasteiger partial charge on any atom is 0.0510 e. The Morgan fingerprint density at radius 3 is 2.61 bits per heavy atom. The SMILES string of the molecule is CC(C)C1CCCN(C(CN)C2CCOC2)CC1. The normalized spacial score (nSPS) is 32.7. The maximum atomic E-state index is 6.03. The van der Waals surface area contributed by atoms with Gasteiger partial charge in [0.25, 0.3) is 0 Å². The van der Waals surface area contributed by atoms with Gasteiger partial charge in [0.05, 0.1) is 6.61 Å². The molecule has 2 fully saturated rings. The lowest BCUT2D eigenvalue weighted by Gasteiger charge is -2.33. The zero-order valence-corrected chi connectivity index (χ0v) is 12.1. The highest BCUT2D eigenvalue weighted by atomic mass is 16.5. The van der Waals surface area contributed by atoms with Gasteiger partial charge < -0.3 is 10.5 Å². The molecule has 3 atom stereocenters. The molecular weight excluding hydrogens is 224 g/mol. The highest BCUT2D eigenvalue weighted by molar-refractivity contribution is 4.85. The van der Waals surface area contributed by atoms with Crippen LogP contribution >= 0.6 is 0 Å². The third-order valence-corrected chi connectivity index (χ3v) is 4.97. The molecule has 0 saturated carbocycles. The molecule has 0 aromatic carbocycles. The van der Waals surface area contributed by atoms with Crippen LogP contribution in [0.4, 0.5) is 0 Å². The Balaban J connectivity index is 1.90. The fourth-order valence-electron chi connectivity index (χ4n) is 3.64. The molecule has 0 aromatic heterocycles. The first-order chi connectivity index (χ1) is 8.72. The molecule has 2 aliphatic rings. The molecule has 0 spiro atoms. The van der Waals surface area contributed by atoms with Crippen molar-refractivity contribution < 1.29 is 4.74 Å². The molecule has 0 bridgehead atoms. The Kier molecular flexibility index (Phi) is 5.46. The van der Waals surface area contributed by atoms with Gasteiger partial charge in [-0.3, -0.25) is 4.90 Å². The number of nitrogens with two attached hydrogens (primary N) is 1. The Bertz CT molecular complexity index is 239. The van der Waals surface area contributed by atoms with E-state index in [4.69, 9.17) is 10.5 Å². The summed E-state index contributed by atoms with van der Waals surface area (Å²) in [6, 6.07) is 0.554. The van der Waals surface area contributed by atoms with Crippen molar-refractivity contribution in [3.63, 3.8) is 0 Å². The van der Waals surface area contributed by atoms with Crippen LogP contribution in [0.5, 0.6) is 0 Å². The van der Waals surface area contributed by atoms with Crippen LogP contribution in [-0.4, -0.2) is 43.8 Å². The van der Waals surface area contributed by atoms with E-state index in [-0.39, 0.29) is 0 Å². The van der Waals surface area contributed by atoms with Crippen molar-refractivity contribution in [2.45, 2.75) is 45.6 Å². The van der Waals surface area contributed by atoms with Gasteiger partial charge in [-0.15, -0.1) is 0 Å². The Hall–Kier alpha value is -0.120. The number of rotatable bonds is 4. The Morgan fingerprint density at radius 2 is 2.00 bits per heavy atom. The zero-order valence-electron chi connectivity index (χ0n) is 12.1. The summed E-state index contributed by atoms with van der Waals surface area (Å²) >= 11 is 0. The van der Waals surface area contributed by atoms with Crippen LogP contribution in [0.3, 0.4) is 0 Å². The molecule has 0 amide bonds. The molecule has 2 heterocycles. The lowest BCUT2D eigenvalue weighted by atomic mass is 9.89. The van der Waals surface area contributed by atoms with Crippen LogP contribution in [0, 0.1) is 17.8 Å². The smallest absolute Gasteiger partial charge is 0.0510 e. The van der Waals surface area contributed by atoms with Crippen molar-refractivity contribution in [3.8, 4) is 0 Å². The van der Waals surface area contributed by atoms with Gasteiger partial charge in [0.2, 0.25) is 0 Å². The third kappa shape index (κ3) is 3.46. The van der Waals surface area contributed by atoms with Crippen LogP contribution in [0.2, 0.25) is 0 Å². The van der Waals surface area contributed by atoms with E-state index < -0.39 is 0 Å². The first-order valence-electron chi connectivity index (χ1n) is 7.74. The zero-order chi connectivity index (χ0) is 13.0. The Labute approximate surface area is 112 Å². The van der Waals surface area contributed by atoms with Crippen molar-refractivity contribution in [2.75, 3.05) is 32.8 Å². The molecule has 2 rings (SSSR count). The van der Waals surface area contributed by atoms with Crippen LogP contribution in [0.1, 0.15) is 39.5 Å². The van der Waals surface area contributed by atoms with E-state index in [1.165, 1.54) is 38.8 Å². The van der Waals surface area contributed by atoms with Gasteiger partial charge in [0.1, 0.15) is 0 Å². The van der Waals surface area contributed by atoms with Gasteiger partial charge in [-0.1, -0.05) is 13.8 Å². The highest BCUT2D eigenvalue weighted by Gasteiger charge is 2.31. The topological polar surface area (TPSA) is 38.5 Å². The highest BCUT2D eigenvalue weighted by Crippen LogP contribution is 2.28. The molecule has 0 aromatic rings. The molecule has 3 unspecified atom stereocenters. The predicted octanol–water partition coefficient (Wildman–Crippen LogP) is 2.11. The van der Waals surface area contributed by atoms with Gasteiger partial charge in [0, 0.05) is 25.1 Å². The third-order valence-electron chi connectivity index (χ3n) is 4.97. The quantitative estimate of drug-likeness (QED) is 0.835. The predicted molar refractivity (Wildman–Crippen MR) is 75.5 cm³/mol. The maximum absolute atomic E-state index is 6.03. The van der Waals surface area contributed by atoms with Gasteiger partial charge in [-0.25, -0.2) is 0 Å². The van der Waals surface area contributed by atoms with Crippen molar-refractivity contribution >= 4 is 0 Å². The van der Waals surface area contributed by atoms with Crippen molar-refractivity contribution in [1.82, 2.24) is 4.90 Å². The number of nitrogens with zero attached hydrogens (tertiary/aromatic N) is 1. The van der Waals surface area contributed by atoms with E-state index in [1.54, 1.807) is 0 Å². The van der Waals surface area contributed by atoms with E-state index in [0.717, 1.165) is 31.6 Å². The van der Waals surface area contributed by atoms with Gasteiger partial charge in [-0.2, -0.15) is 0 Å². The average molecular weight is 254 g/mol. The van der Waals surface area contributed by atoms with E-state index in [0.29, 0.717) is 12.0 Å². The second-order valence-corrected chi connectivity index (χ2v) is 6.40. The molecule has 18 heavy (non-hydrogen) atoms. The summed E-state index contributed by atoms with van der Waals surface area (Å²) < 4.78 is 5.54. The summed E-state index contributed by atoms with van der Waals surface area (Å²) in [6.45, 7) is 9.86. The van der Waals surface area contributed by atoms with Crippen molar-refractivity contribution in [2.24, 2.45) is 23.5 Å². The van der Waals surface area contributed by atoms with Gasteiger partial charge in [0.15, 0.2) is 0 Å². The van der Waals surface area contributed by atoms with E-state index in [2.05, 4.69) is 18.7 Å². The Morgan fingerprint density at radius 1 is 1.17 bits per heavy atom. The fraction of sp³-hybridized carbons (Fsp3) is 1.00. The molecule has 106 valence electrons. The summed E-state index contributed by atoms with van der Waals surface area (Å²) in [5.74, 6) is 2.41. The summed E-state index contributed by atoms with van der Waals surface area (Å²) in [6.07, 6.45) is 5.28. The lowest BCUT2D eigenvalue weighted by molar-refractivity contribution is 0.123. The number of ether oxygens (including phenoxy) is 1. The lowest BCUT2D eigenvalue weighted by Crippen LogP contribution is -2.46.